The number of aliphatic imine (C=N–C) groups is 1. The zero-order valence-electron chi connectivity index (χ0n) is 14.0. The number of hydrogen-bond donors (Lipinski definition) is 0. The number of para-hydroxylation sites is 1. The highest BCUT2D eigenvalue weighted by molar-refractivity contribution is 8.45. The van der Waals surface area contributed by atoms with E-state index < -0.39 is 0 Å². The lowest BCUT2D eigenvalue weighted by molar-refractivity contribution is -0.107. The van der Waals surface area contributed by atoms with E-state index in [0.29, 0.717) is 5.70 Å². The second-order valence-corrected chi connectivity index (χ2v) is 8.54. The Hall–Kier alpha value is -1.95. The van der Waals surface area contributed by atoms with Gasteiger partial charge in [-0.1, -0.05) is 53.7 Å². The fourth-order valence-electron chi connectivity index (χ4n) is 2.81. The first-order chi connectivity index (χ1) is 12.6. The molecule has 0 saturated carbocycles. The average Bonchev–Trinajstić information content (AvgIpc) is 3.15. The van der Waals surface area contributed by atoms with Crippen molar-refractivity contribution in [3.63, 3.8) is 0 Å². The minimum absolute atomic E-state index is 0.00320. The Balaban J connectivity index is 1.55. The molecule has 0 bridgehead atoms. The van der Waals surface area contributed by atoms with Crippen LogP contribution in [0.2, 0.25) is 5.02 Å². The molecule has 2 heterocycles. The third kappa shape index (κ3) is 3.61. The molecule has 6 heteroatoms. The van der Waals surface area contributed by atoms with Gasteiger partial charge >= 0.3 is 0 Å². The quantitative estimate of drug-likeness (QED) is 0.528. The second-order valence-electron chi connectivity index (χ2n) is 5.92. The van der Waals surface area contributed by atoms with E-state index in [0.717, 1.165) is 37.2 Å². The molecule has 0 atom stereocenters. The Kier molecular flexibility index (Phi) is 4.94. The molecule has 130 valence electrons. The fraction of sp³-hybridized carbons (Fsp3) is 0.100. The van der Waals surface area contributed by atoms with E-state index in [1.165, 1.54) is 11.8 Å². The van der Waals surface area contributed by atoms with Crippen LogP contribution in [0.1, 0.15) is 11.1 Å². The fourth-order valence-corrected chi connectivity index (χ4v) is 4.74. The van der Waals surface area contributed by atoms with Gasteiger partial charge in [-0.25, -0.2) is 4.99 Å². The molecule has 0 saturated heterocycles. The van der Waals surface area contributed by atoms with Crippen LogP contribution in [0.4, 0.5) is 0 Å². The molecule has 0 amide bonds. The largest absolute Gasteiger partial charge is 0.350 e. The van der Waals surface area contributed by atoms with Gasteiger partial charge in [0.05, 0.1) is 0 Å². The zero-order valence-corrected chi connectivity index (χ0v) is 16.4. The third-order valence-electron chi connectivity index (χ3n) is 4.10. The van der Waals surface area contributed by atoms with Crippen molar-refractivity contribution in [3.8, 4) is 0 Å². The predicted octanol–water partition coefficient (Wildman–Crippen LogP) is 5.74. The first kappa shape index (κ1) is 17.5. The lowest BCUT2D eigenvalue weighted by Crippen LogP contribution is -1.88. The van der Waals surface area contributed by atoms with E-state index >= 15 is 0 Å². The van der Waals surface area contributed by atoms with Crippen molar-refractivity contribution in [2.45, 2.75) is 5.75 Å². The number of nitrogens with zero attached hydrogens (tertiary/aromatic N) is 2. The molecule has 0 aliphatic carbocycles. The van der Waals surface area contributed by atoms with Crippen LogP contribution >= 0.6 is 35.1 Å². The molecule has 4 rings (SSSR count). The Labute approximate surface area is 165 Å². The smallest absolute Gasteiger partial charge is 0.244 e. The van der Waals surface area contributed by atoms with E-state index in [9.17, 15) is 4.79 Å². The number of carbonyl (C=O) groups is 1. The van der Waals surface area contributed by atoms with Gasteiger partial charge in [0.15, 0.2) is 0 Å². The monoisotopic (exact) mass is 398 g/mol. The summed E-state index contributed by atoms with van der Waals surface area (Å²) in [5, 5.41) is 1.84. The highest BCUT2D eigenvalue weighted by Gasteiger charge is 2.23. The molecular formula is C20H15ClN2OS2. The summed E-state index contributed by atoms with van der Waals surface area (Å²) in [7, 11) is 2.01. The Morgan fingerprint density at radius 3 is 2.77 bits per heavy atom. The average molecular weight is 399 g/mol. The normalized spacial score (nSPS) is 15.8. The van der Waals surface area contributed by atoms with E-state index in [4.69, 9.17) is 11.6 Å². The number of halogens is 1. The molecule has 3 aromatic rings. The molecular weight excluding hydrogens is 384 g/mol. The van der Waals surface area contributed by atoms with Crippen LogP contribution in [0.25, 0.3) is 17.0 Å². The van der Waals surface area contributed by atoms with Crippen LogP contribution in [-0.2, 0) is 17.6 Å². The summed E-state index contributed by atoms with van der Waals surface area (Å²) in [4.78, 5) is 16.9. The SMILES string of the molecule is Cn1cc(C=C2N=C(SCc3ccc(Cl)cc3)SC2=O)c2ccccc21. The van der Waals surface area contributed by atoms with Crippen molar-refractivity contribution in [1.29, 1.82) is 0 Å². The molecule has 0 fully saturated rings. The van der Waals surface area contributed by atoms with Gasteiger partial charge in [0.1, 0.15) is 10.1 Å². The summed E-state index contributed by atoms with van der Waals surface area (Å²) < 4.78 is 2.85. The van der Waals surface area contributed by atoms with Crippen molar-refractivity contribution in [1.82, 2.24) is 4.57 Å². The summed E-state index contributed by atoms with van der Waals surface area (Å²) in [5.74, 6) is 0.762. The van der Waals surface area contributed by atoms with Gasteiger partial charge in [-0.3, -0.25) is 4.79 Å². The van der Waals surface area contributed by atoms with Crippen molar-refractivity contribution in [3.05, 3.63) is 76.6 Å². The lowest BCUT2D eigenvalue weighted by Gasteiger charge is -1.99. The van der Waals surface area contributed by atoms with E-state index in [-0.39, 0.29) is 5.12 Å². The minimum atomic E-state index is -0.00320. The first-order valence-corrected chi connectivity index (χ1v) is 10.2. The maximum atomic E-state index is 12.3. The van der Waals surface area contributed by atoms with Gasteiger partial charge in [0.2, 0.25) is 5.12 Å². The van der Waals surface area contributed by atoms with E-state index in [1.807, 2.05) is 55.7 Å². The molecule has 0 N–H and O–H groups in total. The molecule has 26 heavy (non-hydrogen) atoms. The van der Waals surface area contributed by atoms with Gasteiger partial charge < -0.3 is 4.57 Å². The molecule has 1 aromatic heterocycles. The van der Waals surface area contributed by atoms with Gasteiger partial charge in [-0.15, -0.1) is 0 Å². The third-order valence-corrected chi connectivity index (χ3v) is 6.43. The number of thioether (sulfide) groups is 2. The number of benzene rings is 2. The van der Waals surface area contributed by atoms with E-state index in [1.54, 1.807) is 11.8 Å². The molecule has 2 aromatic carbocycles. The molecule has 1 aliphatic rings. The number of hydrogen-bond acceptors (Lipinski definition) is 4. The zero-order chi connectivity index (χ0) is 18.1. The second kappa shape index (κ2) is 7.35. The van der Waals surface area contributed by atoms with Crippen LogP contribution in [0.15, 0.2) is 65.4 Å². The number of carbonyl (C=O) groups excluding carboxylic acids is 1. The number of rotatable bonds is 3. The predicted molar refractivity (Wildman–Crippen MR) is 114 cm³/mol. The summed E-state index contributed by atoms with van der Waals surface area (Å²) >= 11 is 8.68. The van der Waals surface area contributed by atoms with Crippen molar-refractivity contribution in [2.24, 2.45) is 12.0 Å². The summed E-state index contributed by atoms with van der Waals surface area (Å²) in [6, 6.07) is 15.9. The van der Waals surface area contributed by atoms with Crippen molar-refractivity contribution < 1.29 is 4.79 Å². The van der Waals surface area contributed by atoms with Gasteiger partial charge in [0.25, 0.3) is 0 Å². The van der Waals surface area contributed by atoms with Gasteiger partial charge in [-0.2, -0.15) is 0 Å². The molecule has 0 radical (unpaired) electrons. The van der Waals surface area contributed by atoms with Gasteiger partial charge in [0, 0.05) is 40.5 Å². The van der Waals surface area contributed by atoms with Crippen LogP contribution in [0, 0.1) is 0 Å². The van der Waals surface area contributed by atoms with Crippen molar-refractivity contribution >= 4 is 61.6 Å². The number of fused-ring (bicyclic) bond motifs is 1. The van der Waals surface area contributed by atoms with Gasteiger partial charge in [-0.05, 0) is 41.6 Å². The van der Waals surface area contributed by atoms with E-state index in [2.05, 4.69) is 21.7 Å². The van der Waals surface area contributed by atoms with Crippen LogP contribution < -0.4 is 0 Å². The standard InChI is InChI=1S/C20H15ClN2OS2/c1-23-11-14(16-4-2-3-5-18(16)23)10-17-19(24)26-20(22-17)25-12-13-6-8-15(21)9-7-13/h2-11H,12H2,1H3. The highest BCUT2D eigenvalue weighted by Crippen LogP contribution is 2.33. The first-order valence-electron chi connectivity index (χ1n) is 8.04. The van der Waals surface area contributed by atoms with Crippen LogP contribution in [0.5, 0.6) is 0 Å². The van der Waals surface area contributed by atoms with Crippen LogP contribution in [0.3, 0.4) is 0 Å². The number of aryl methyl sites for hydroxylation is 1. The summed E-state index contributed by atoms with van der Waals surface area (Å²) in [6.07, 6.45) is 3.91. The minimum Gasteiger partial charge on any atom is -0.350 e. The topological polar surface area (TPSA) is 34.4 Å². The molecule has 0 spiro atoms. The maximum absolute atomic E-state index is 12.3. The van der Waals surface area contributed by atoms with Crippen LogP contribution in [-0.4, -0.2) is 14.1 Å². The molecule has 0 unspecified atom stereocenters. The van der Waals surface area contributed by atoms with Crippen molar-refractivity contribution in [2.75, 3.05) is 0 Å². The maximum Gasteiger partial charge on any atom is 0.244 e. The Bertz CT molecular complexity index is 1050. The highest BCUT2D eigenvalue weighted by atomic mass is 35.5. The lowest BCUT2D eigenvalue weighted by atomic mass is 10.1. The summed E-state index contributed by atoms with van der Waals surface area (Å²) in [5.41, 5.74) is 3.81. The molecule has 1 aliphatic heterocycles. The molecule has 3 nitrogen and oxygen atoms in total. The summed E-state index contributed by atoms with van der Waals surface area (Å²) in [6.45, 7) is 0. The Morgan fingerprint density at radius 2 is 1.96 bits per heavy atom. The number of aromatic nitrogens is 1. The Morgan fingerprint density at radius 1 is 1.19 bits per heavy atom.